The van der Waals surface area contributed by atoms with Crippen molar-refractivity contribution in [2.75, 3.05) is 41.8 Å². The van der Waals surface area contributed by atoms with Crippen LogP contribution in [0.15, 0.2) is 163 Å². The molecule has 1 fully saturated rings. The Balaban J connectivity index is 0.00000253. The van der Waals surface area contributed by atoms with Crippen LogP contribution < -0.4 is 193 Å². The van der Waals surface area contributed by atoms with Crippen molar-refractivity contribution in [3.05, 3.63) is 156 Å². The standard InChI is InChI=1S/C55H42N12O19S6.6Na/c68-87(69,70)45-25-35(17-13-31(45)9-11-33-15-19-37(27-47(33)89(74,75)76)66-61-43-29-49(91(80,81)82)39-5-1-3-7-41(39)51(43)63-66)56-53-58-54(60-55(59-53)65-21-23-86-24-22-65)57-36-18-14-32(46(26-36)88(71,72)73)10-12-34-16-20-38(28-48(34)90(77,78)79)67-62-44-30-50(92(83,84)85)40-6-2-4-8-42(40)52(44)64-67;;;;;;/h1-20,25-30H,21-24H2,(H,68,69,70)(H,71,72,73)(H,74,75,76)(H,77,78,79)(H,80,81,82)(H,83,84,85)(H2,56,57,58,59,60);;;;;;/q;6*+1/p-6. The van der Waals surface area contributed by atoms with Crippen molar-refractivity contribution in [1.82, 2.24) is 44.9 Å². The summed E-state index contributed by atoms with van der Waals surface area (Å²) in [5.41, 5.74) is -1.37. The summed E-state index contributed by atoms with van der Waals surface area (Å²) in [6, 6.07) is 27.4. The molecule has 4 heterocycles. The van der Waals surface area contributed by atoms with Crippen LogP contribution in [-0.2, 0) is 65.4 Å². The number of nitrogens with zero attached hydrogens (tertiary/aromatic N) is 10. The molecule has 43 heteroatoms. The second-order valence-electron chi connectivity index (χ2n) is 20.0. The predicted molar refractivity (Wildman–Crippen MR) is 321 cm³/mol. The van der Waals surface area contributed by atoms with Gasteiger partial charge >= 0.3 is 177 Å². The monoisotopic (exact) mass is 1500 g/mol. The number of nitrogens with one attached hydrogen (secondary N) is 2. The van der Waals surface area contributed by atoms with Gasteiger partial charge in [-0.1, -0.05) is 97.1 Å². The van der Waals surface area contributed by atoms with Gasteiger partial charge in [0.15, 0.2) is 0 Å². The molecule has 1 aliphatic rings. The first kappa shape index (κ1) is 83.3. The molecule has 98 heavy (non-hydrogen) atoms. The first-order valence-electron chi connectivity index (χ1n) is 26.2. The van der Waals surface area contributed by atoms with Gasteiger partial charge in [0.2, 0.25) is 17.8 Å². The van der Waals surface area contributed by atoms with Gasteiger partial charge in [-0.15, -0.1) is 20.4 Å². The van der Waals surface area contributed by atoms with Gasteiger partial charge in [-0.25, -0.2) is 50.5 Å². The number of fused-ring (bicyclic) bond motifs is 6. The van der Waals surface area contributed by atoms with Crippen LogP contribution in [0.5, 0.6) is 0 Å². The van der Waals surface area contributed by atoms with E-state index in [1.807, 2.05) is 0 Å². The zero-order valence-corrected chi connectivity index (χ0v) is 68.9. The molecular formula is C55H36N12Na6O19S6. The van der Waals surface area contributed by atoms with Crippen molar-refractivity contribution in [3.63, 3.8) is 0 Å². The second-order valence-corrected chi connectivity index (χ2v) is 28.1. The molecule has 0 bridgehead atoms. The van der Waals surface area contributed by atoms with Crippen molar-refractivity contribution < 1.29 is 260 Å². The molecule has 0 atom stereocenters. The Bertz CT molecular complexity index is 5420. The van der Waals surface area contributed by atoms with Gasteiger partial charge in [-0.2, -0.15) is 24.5 Å². The molecule has 0 radical (unpaired) electrons. The summed E-state index contributed by atoms with van der Waals surface area (Å²) in [4.78, 5) is 12.2. The second kappa shape index (κ2) is 32.6. The van der Waals surface area contributed by atoms with Gasteiger partial charge in [0.1, 0.15) is 82.8 Å². The van der Waals surface area contributed by atoms with E-state index in [4.69, 9.17) is 4.74 Å². The topological polar surface area (TPSA) is 480 Å². The van der Waals surface area contributed by atoms with E-state index in [1.165, 1.54) is 60.7 Å². The minimum atomic E-state index is -5.36. The van der Waals surface area contributed by atoms with E-state index in [0.717, 1.165) is 94.6 Å². The average Bonchev–Trinajstić information content (AvgIpc) is 1.61. The molecule has 1 saturated heterocycles. The third-order valence-electron chi connectivity index (χ3n) is 14.1. The maximum Gasteiger partial charge on any atom is 1.00 e. The Morgan fingerprint density at radius 2 is 0.684 bits per heavy atom. The zero-order valence-electron chi connectivity index (χ0n) is 52.0. The van der Waals surface area contributed by atoms with Crippen molar-refractivity contribution in [3.8, 4) is 11.4 Å². The van der Waals surface area contributed by atoms with E-state index in [1.54, 1.807) is 17.0 Å². The number of hydrogen-bond donors (Lipinski definition) is 2. The summed E-state index contributed by atoms with van der Waals surface area (Å²) in [6.07, 6.45) is 4.22. The van der Waals surface area contributed by atoms with Crippen LogP contribution in [0.4, 0.5) is 29.2 Å². The normalized spacial score (nSPS) is 13.1. The van der Waals surface area contributed by atoms with Crippen LogP contribution in [0.2, 0.25) is 0 Å². The quantitative estimate of drug-likeness (QED) is 0.0485. The minimum Gasteiger partial charge on any atom is -0.744 e. The van der Waals surface area contributed by atoms with Gasteiger partial charge in [-0.3, -0.25) is 0 Å². The fourth-order valence-corrected chi connectivity index (χ4v) is 14.2. The predicted octanol–water partition coefficient (Wildman–Crippen LogP) is -13.2. The molecule has 0 aliphatic carbocycles. The maximum atomic E-state index is 12.9. The first-order chi connectivity index (χ1) is 43.3. The molecule has 3 aromatic heterocycles. The van der Waals surface area contributed by atoms with Crippen molar-refractivity contribution in [2.45, 2.75) is 29.4 Å². The van der Waals surface area contributed by atoms with Gasteiger partial charge in [-0.05, 0) is 82.9 Å². The fraction of sp³-hybridized carbons (Fsp3) is 0.0727. The number of aromatic nitrogens is 9. The van der Waals surface area contributed by atoms with E-state index in [-0.39, 0.29) is 310 Å². The molecule has 1 aliphatic heterocycles. The Morgan fingerprint density at radius 3 is 1.02 bits per heavy atom. The van der Waals surface area contributed by atoms with Crippen LogP contribution >= 0.6 is 0 Å². The molecule has 11 aromatic rings. The van der Waals surface area contributed by atoms with Crippen molar-refractivity contribution in [2.24, 2.45) is 0 Å². The van der Waals surface area contributed by atoms with E-state index in [0.29, 0.717) is 0 Å². The van der Waals surface area contributed by atoms with Gasteiger partial charge in [0, 0.05) is 46.0 Å². The fourth-order valence-electron chi connectivity index (χ4n) is 10.0. The van der Waals surface area contributed by atoms with E-state index in [9.17, 15) is 77.8 Å². The van der Waals surface area contributed by atoms with Crippen LogP contribution in [-0.4, -0.2) is 149 Å². The van der Waals surface area contributed by atoms with Crippen LogP contribution in [0.3, 0.4) is 0 Å². The largest absolute Gasteiger partial charge is 1.00 e. The summed E-state index contributed by atoms with van der Waals surface area (Å²) in [5, 5.41) is 23.4. The maximum absolute atomic E-state index is 12.9. The molecule has 0 saturated carbocycles. The van der Waals surface area contributed by atoms with E-state index >= 15 is 0 Å². The Labute approximate surface area is 691 Å². The third kappa shape index (κ3) is 18.5. The van der Waals surface area contributed by atoms with Crippen LogP contribution in [0, 0.1) is 0 Å². The molecule has 2 N–H and O–H groups in total. The molecule has 31 nitrogen and oxygen atoms in total. The Hall–Kier alpha value is -3.61. The SMILES string of the molecule is O=S(=O)([O-])c1cc(Nc2nc(Nc3ccc(C=Cc4ccc(-n5nc6cc(S(=O)(=O)[O-])c7ccccc7c6n5)cc4S(=O)(=O)[O-])c(S(=O)(=O)[O-])c3)nc(N3CCOCC3)n2)ccc1C=Cc1ccc(-n2nc3cc(S(=O)(=O)[O-])c4ccccc4c3n2)cc1S(=O)(=O)[O-].[Na+].[Na+].[Na+].[Na+].[Na+].[Na+]. The van der Waals surface area contributed by atoms with E-state index in [2.05, 4.69) is 46.0 Å². The number of benzene rings is 8. The van der Waals surface area contributed by atoms with Crippen LogP contribution in [0.1, 0.15) is 22.3 Å². The summed E-state index contributed by atoms with van der Waals surface area (Å²) in [6.45, 7) is 1.01. The molecule has 12 rings (SSSR count). The number of anilines is 5. The summed E-state index contributed by atoms with van der Waals surface area (Å²) in [5.74, 6) is -0.555. The zero-order chi connectivity index (χ0) is 65.5. The van der Waals surface area contributed by atoms with Crippen molar-refractivity contribution >= 4 is 158 Å². The Kier molecular flexibility index (Phi) is 27.7. The third-order valence-corrected chi connectivity index (χ3v) is 19.4. The number of ether oxygens (including phenoxy) is 1. The molecule has 0 unspecified atom stereocenters. The van der Waals surface area contributed by atoms with Gasteiger partial charge in [0.25, 0.3) is 0 Å². The number of rotatable bonds is 17. The van der Waals surface area contributed by atoms with Crippen LogP contribution in [0.25, 0.3) is 79.3 Å². The molecular weight excluding hydrogens is 1460 g/mol. The Morgan fingerprint density at radius 1 is 0.367 bits per heavy atom. The summed E-state index contributed by atoms with van der Waals surface area (Å²) in [7, 11) is -31.4. The van der Waals surface area contributed by atoms with E-state index < -0.39 is 90.1 Å². The molecule has 8 aromatic carbocycles. The number of hydrogen-bond acceptors (Lipinski definition) is 29. The van der Waals surface area contributed by atoms with Gasteiger partial charge < -0.3 is 47.6 Å². The summed E-state index contributed by atoms with van der Waals surface area (Å²) < 4.78 is 232. The molecule has 0 amide bonds. The molecule has 0 spiro atoms. The van der Waals surface area contributed by atoms with Crippen molar-refractivity contribution in [1.29, 1.82) is 0 Å². The average molecular weight is 1500 g/mol. The number of morpholine rings is 1. The smallest absolute Gasteiger partial charge is 0.744 e. The van der Waals surface area contributed by atoms with Gasteiger partial charge in [0.05, 0.1) is 54.0 Å². The molecule has 472 valence electrons. The first-order valence-corrected chi connectivity index (χ1v) is 34.7. The summed E-state index contributed by atoms with van der Waals surface area (Å²) >= 11 is 0. The minimum absolute atomic E-state index is 0.